The van der Waals surface area contributed by atoms with E-state index in [4.69, 9.17) is 5.84 Å². The quantitative estimate of drug-likeness (QED) is 0.244. The Morgan fingerprint density at radius 2 is 2.30 bits per heavy atom. The molecule has 0 bridgehead atoms. The molecule has 0 aromatic carbocycles. The Morgan fingerprint density at radius 1 is 1.70 bits per heavy atom. The lowest BCUT2D eigenvalue weighted by atomic mass is 10.4. The molecule has 0 saturated heterocycles. The zero-order chi connectivity index (χ0) is 7.98. The van der Waals surface area contributed by atoms with Crippen LogP contribution >= 0.6 is 0 Å². The molecule has 10 heavy (non-hydrogen) atoms. The van der Waals surface area contributed by atoms with Crippen LogP contribution in [0.25, 0.3) is 0 Å². The van der Waals surface area contributed by atoms with E-state index in [0.29, 0.717) is 0 Å². The molecule has 0 amide bonds. The van der Waals surface area contributed by atoms with Crippen LogP contribution in [0.15, 0.2) is 4.99 Å². The minimum Gasteiger partial charge on any atom is -0.345 e. The molecule has 3 N–H and O–H groups in total. The fourth-order valence-corrected chi connectivity index (χ4v) is 0.787. The highest BCUT2D eigenvalue weighted by molar-refractivity contribution is 5.78. The van der Waals surface area contributed by atoms with Crippen molar-refractivity contribution in [2.45, 2.75) is 13.3 Å². The Labute approximate surface area is 62.1 Å². The van der Waals surface area contributed by atoms with E-state index in [1.165, 1.54) is 0 Å². The molecular formula is C6H16N4. The number of nitrogens with one attached hydrogen (secondary N) is 1. The summed E-state index contributed by atoms with van der Waals surface area (Å²) in [5, 5.41) is 0. The van der Waals surface area contributed by atoms with Crippen molar-refractivity contribution < 1.29 is 0 Å². The highest BCUT2D eigenvalue weighted by atomic mass is 15.4. The van der Waals surface area contributed by atoms with Gasteiger partial charge in [0.25, 0.3) is 0 Å². The Kier molecular flexibility index (Phi) is 4.66. The second-order valence-corrected chi connectivity index (χ2v) is 2.11. The predicted molar refractivity (Wildman–Crippen MR) is 43.6 cm³/mol. The Morgan fingerprint density at radius 3 is 2.60 bits per heavy atom. The monoisotopic (exact) mass is 144 g/mol. The van der Waals surface area contributed by atoms with Crippen molar-refractivity contribution in [3.05, 3.63) is 0 Å². The number of nitrogens with two attached hydrogens (primary N) is 1. The molecule has 0 aromatic heterocycles. The average molecular weight is 144 g/mol. The van der Waals surface area contributed by atoms with Gasteiger partial charge in [-0.3, -0.25) is 10.4 Å². The van der Waals surface area contributed by atoms with E-state index in [-0.39, 0.29) is 0 Å². The first-order valence-corrected chi connectivity index (χ1v) is 3.40. The molecule has 0 unspecified atom stereocenters. The zero-order valence-electron chi connectivity index (χ0n) is 6.89. The molecule has 4 nitrogen and oxygen atoms in total. The first kappa shape index (κ1) is 9.23. The highest BCUT2D eigenvalue weighted by Gasteiger charge is 1.99. The van der Waals surface area contributed by atoms with Crippen LogP contribution < -0.4 is 11.3 Å². The van der Waals surface area contributed by atoms with Gasteiger partial charge in [0.1, 0.15) is 0 Å². The van der Waals surface area contributed by atoms with Gasteiger partial charge in [0.2, 0.25) is 5.96 Å². The molecule has 0 aliphatic carbocycles. The topological polar surface area (TPSA) is 53.6 Å². The number of hydrazine groups is 1. The third-order valence-electron chi connectivity index (χ3n) is 1.26. The maximum atomic E-state index is 5.19. The molecule has 0 rings (SSSR count). The first-order valence-electron chi connectivity index (χ1n) is 3.40. The third-order valence-corrected chi connectivity index (χ3v) is 1.26. The minimum atomic E-state index is 0.724. The van der Waals surface area contributed by atoms with Gasteiger partial charge in [0, 0.05) is 20.6 Å². The smallest absolute Gasteiger partial charge is 0.207 e. The summed E-state index contributed by atoms with van der Waals surface area (Å²) in [5.41, 5.74) is 2.51. The van der Waals surface area contributed by atoms with E-state index in [0.717, 1.165) is 18.9 Å². The molecule has 0 aliphatic heterocycles. The van der Waals surface area contributed by atoms with Crippen LogP contribution in [-0.2, 0) is 0 Å². The lowest BCUT2D eigenvalue weighted by Crippen LogP contribution is -2.42. The normalized spacial score (nSPS) is 11.4. The summed E-state index contributed by atoms with van der Waals surface area (Å²) in [6, 6.07) is 0. The van der Waals surface area contributed by atoms with Crippen LogP contribution in [-0.4, -0.2) is 31.5 Å². The maximum absolute atomic E-state index is 5.19. The average Bonchev–Trinajstić information content (AvgIpc) is 1.91. The van der Waals surface area contributed by atoms with Gasteiger partial charge in [-0.1, -0.05) is 6.92 Å². The van der Waals surface area contributed by atoms with Gasteiger partial charge in [-0.05, 0) is 6.42 Å². The van der Waals surface area contributed by atoms with Crippen molar-refractivity contribution in [2.75, 3.05) is 20.6 Å². The van der Waals surface area contributed by atoms with E-state index in [2.05, 4.69) is 17.3 Å². The summed E-state index contributed by atoms with van der Waals surface area (Å²) in [5.74, 6) is 5.92. The van der Waals surface area contributed by atoms with Crippen molar-refractivity contribution in [3.63, 3.8) is 0 Å². The number of nitrogens with zero attached hydrogens (tertiary/aromatic N) is 2. The molecule has 0 spiro atoms. The second-order valence-electron chi connectivity index (χ2n) is 2.11. The standard InChI is InChI=1S/C6H16N4/c1-4-5-10(3)6(8-2)9-7/h4-5,7H2,1-3H3,(H,8,9). The number of hydrogen-bond acceptors (Lipinski definition) is 2. The van der Waals surface area contributed by atoms with E-state index in [1.54, 1.807) is 7.05 Å². The van der Waals surface area contributed by atoms with Gasteiger partial charge in [0.15, 0.2) is 0 Å². The van der Waals surface area contributed by atoms with Crippen LogP contribution in [0, 0.1) is 0 Å². The van der Waals surface area contributed by atoms with Crippen molar-refractivity contribution in [1.82, 2.24) is 10.3 Å². The van der Waals surface area contributed by atoms with Crippen molar-refractivity contribution >= 4 is 5.96 Å². The fourth-order valence-electron chi connectivity index (χ4n) is 0.787. The molecule has 60 valence electrons. The van der Waals surface area contributed by atoms with Crippen LogP contribution in [0.3, 0.4) is 0 Å². The molecule has 0 radical (unpaired) electrons. The van der Waals surface area contributed by atoms with Crippen molar-refractivity contribution in [2.24, 2.45) is 10.8 Å². The fraction of sp³-hybridized carbons (Fsp3) is 0.833. The second kappa shape index (κ2) is 5.05. The molecule has 0 heterocycles. The summed E-state index contributed by atoms with van der Waals surface area (Å²) in [6.07, 6.45) is 1.09. The number of rotatable bonds is 2. The number of aliphatic imine (C=N–C) groups is 1. The molecule has 0 aliphatic rings. The van der Waals surface area contributed by atoms with E-state index in [9.17, 15) is 0 Å². The molecule has 0 atom stereocenters. The molecular weight excluding hydrogens is 128 g/mol. The van der Waals surface area contributed by atoms with Crippen LogP contribution in [0.2, 0.25) is 0 Å². The molecule has 0 aromatic rings. The van der Waals surface area contributed by atoms with Crippen LogP contribution in [0.1, 0.15) is 13.3 Å². The lowest BCUT2D eigenvalue weighted by Gasteiger charge is -2.18. The number of guanidine groups is 1. The third kappa shape index (κ3) is 2.68. The SMILES string of the molecule is CCCN(C)C(=NC)NN. The predicted octanol–water partition coefficient (Wildman–Crippen LogP) is -0.223. The Bertz CT molecular complexity index is 110. The van der Waals surface area contributed by atoms with Gasteiger partial charge in [-0.25, -0.2) is 5.84 Å². The maximum Gasteiger partial charge on any atom is 0.207 e. The highest BCUT2D eigenvalue weighted by Crippen LogP contribution is 1.85. The largest absolute Gasteiger partial charge is 0.345 e. The summed E-state index contributed by atoms with van der Waals surface area (Å²) in [6.45, 7) is 3.08. The van der Waals surface area contributed by atoms with Crippen molar-refractivity contribution in [1.29, 1.82) is 0 Å². The van der Waals surface area contributed by atoms with E-state index >= 15 is 0 Å². The van der Waals surface area contributed by atoms with Gasteiger partial charge < -0.3 is 4.90 Å². The van der Waals surface area contributed by atoms with E-state index < -0.39 is 0 Å². The minimum absolute atomic E-state index is 0.724. The van der Waals surface area contributed by atoms with Gasteiger partial charge in [-0.15, -0.1) is 0 Å². The summed E-state index contributed by atoms with van der Waals surface area (Å²) in [7, 11) is 3.66. The summed E-state index contributed by atoms with van der Waals surface area (Å²) >= 11 is 0. The summed E-state index contributed by atoms with van der Waals surface area (Å²) < 4.78 is 0. The van der Waals surface area contributed by atoms with Gasteiger partial charge in [-0.2, -0.15) is 0 Å². The van der Waals surface area contributed by atoms with Gasteiger partial charge >= 0.3 is 0 Å². The molecule has 0 fully saturated rings. The van der Waals surface area contributed by atoms with Crippen LogP contribution in [0.5, 0.6) is 0 Å². The Hall–Kier alpha value is -0.770. The summed E-state index contributed by atoms with van der Waals surface area (Å²) in [4.78, 5) is 5.90. The molecule has 4 heteroatoms. The molecule has 0 saturated carbocycles. The van der Waals surface area contributed by atoms with Crippen molar-refractivity contribution in [3.8, 4) is 0 Å². The lowest BCUT2D eigenvalue weighted by molar-refractivity contribution is 0.481. The Balaban J connectivity index is 3.77. The zero-order valence-corrected chi connectivity index (χ0v) is 6.89. The number of hydrogen-bond donors (Lipinski definition) is 2. The van der Waals surface area contributed by atoms with E-state index in [1.807, 2.05) is 11.9 Å². The first-order chi connectivity index (χ1) is 4.76. The van der Waals surface area contributed by atoms with Gasteiger partial charge in [0.05, 0.1) is 0 Å². The van der Waals surface area contributed by atoms with Crippen LogP contribution in [0.4, 0.5) is 0 Å².